The Morgan fingerprint density at radius 3 is 2.31 bits per heavy atom. The molecular formula is C14H28N2. The predicted molar refractivity (Wildman–Crippen MR) is 69.5 cm³/mol. The summed E-state index contributed by atoms with van der Waals surface area (Å²) < 4.78 is 0. The lowest BCUT2D eigenvalue weighted by atomic mass is 9.79. The highest BCUT2D eigenvalue weighted by Crippen LogP contribution is 2.29. The maximum atomic E-state index is 3.93. The van der Waals surface area contributed by atoms with E-state index in [2.05, 4.69) is 31.4 Å². The van der Waals surface area contributed by atoms with Crippen LogP contribution in [0.25, 0.3) is 0 Å². The summed E-state index contributed by atoms with van der Waals surface area (Å²) in [5, 5.41) is 7.41. The quantitative estimate of drug-likeness (QED) is 0.752. The van der Waals surface area contributed by atoms with Crippen LogP contribution in [-0.2, 0) is 0 Å². The first-order valence-corrected chi connectivity index (χ1v) is 7.12. The molecule has 0 aromatic rings. The van der Waals surface area contributed by atoms with Crippen molar-refractivity contribution in [3.05, 3.63) is 0 Å². The summed E-state index contributed by atoms with van der Waals surface area (Å²) in [6, 6.07) is 1.54. The number of hydrogen-bond donors (Lipinski definition) is 2. The number of hydrogen-bond acceptors (Lipinski definition) is 2. The van der Waals surface area contributed by atoms with Crippen LogP contribution in [0.15, 0.2) is 0 Å². The van der Waals surface area contributed by atoms with E-state index in [1.807, 2.05) is 0 Å². The van der Waals surface area contributed by atoms with Crippen LogP contribution in [0.1, 0.15) is 46.5 Å². The van der Waals surface area contributed by atoms with Gasteiger partial charge < -0.3 is 10.6 Å². The molecule has 2 N–H and O–H groups in total. The number of rotatable bonds is 2. The summed E-state index contributed by atoms with van der Waals surface area (Å²) in [5.74, 6) is 2.62. The maximum Gasteiger partial charge on any atom is 0.0119 e. The third-order valence-electron chi connectivity index (χ3n) is 4.41. The highest BCUT2D eigenvalue weighted by atomic mass is 15.0. The molecule has 0 radical (unpaired) electrons. The predicted octanol–water partition coefficient (Wildman–Crippen LogP) is 2.40. The monoisotopic (exact) mass is 224 g/mol. The summed E-state index contributed by atoms with van der Waals surface area (Å²) in [6.45, 7) is 9.58. The van der Waals surface area contributed by atoms with E-state index in [-0.39, 0.29) is 0 Å². The molecule has 0 spiro atoms. The van der Waals surface area contributed by atoms with Gasteiger partial charge in [-0.3, -0.25) is 0 Å². The van der Waals surface area contributed by atoms with E-state index in [1.165, 1.54) is 38.8 Å². The van der Waals surface area contributed by atoms with Gasteiger partial charge in [0.1, 0.15) is 0 Å². The van der Waals surface area contributed by atoms with Gasteiger partial charge in [0, 0.05) is 12.1 Å². The zero-order chi connectivity index (χ0) is 11.5. The first kappa shape index (κ1) is 12.4. The van der Waals surface area contributed by atoms with Crippen LogP contribution in [-0.4, -0.2) is 25.2 Å². The van der Waals surface area contributed by atoms with Gasteiger partial charge >= 0.3 is 0 Å². The average molecular weight is 224 g/mol. The van der Waals surface area contributed by atoms with Crippen molar-refractivity contribution in [1.82, 2.24) is 10.6 Å². The van der Waals surface area contributed by atoms with Crippen molar-refractivity contribution in [2.45, 2.75) is 58.5 Å². The molecule has 0 amide bonds. The zero-order valence-electron chi connectivity index (χ0n) is 11.1. The molecule has 94 valence electrons. The Bertz CT molecular complexity index is 207. The van der Waals surface area contributed by atoms with Gasteiger partial charge in [-0.1, -0.05) is 20.8 Å². The molecule has 0 aromatic heterocycles. The van der Waals surface area contributed by atoms with Crippen LogP contribution in [0.2, 0.25) is 0 Å². The Morgan fingerprint density at radius 1 is 1.00 bits per heavy atom. The largest absolute Gasteiger partial charge is 0.316 e. The minimum atomic E-state index is 0.753. The third kappa shape index (κ3) is 3.21. The van der Waals surface area contributed by atoms with E-state index in [9.17, 15) is 0 Å². The van der Waals surface area contributed by atoms with E-state index in [0.29, 0.717) is 0 Å². The summed E-state index contributed by atoms with van der Waals surface area (Å²) in [6.07, 6.45) is 5.52. The van der Waals surface area contributed by atoms with Gasteiger partial charge in [0.25, 0.3) is 0 Å². The molecule has 4 unspecified atom stereocenters. The van der Waals surface area contributed by atoms with E-state index in [1.54, 1.807) is 0 Å². The third-order valence-corrected chi connectivity index (χ3v) is 4.41. The standard InChI is InChI=1S/C14H28N2/c1-10-6-11(2)8-13(7-10)16-14-4-5-15-9-12(14)3/h10-16H,4-9H2,1-3H3. The van der Waals surface area contributed by atoms with E-state index < -0.39 is 0 Å². The molecule has 1 heterocycles. The Morgan fingerprint density at radius 2 is 1.69 bits per heavy atom. The molecule has 0 bridgehead atoms. The van der Waals surface area contributed by atoms with Crippen LogP contribution < -0.4 is 10.6 Å². The molecule has 2 rings (SSSR count). The molecule has 2 heteroatoms. The van der Waals surface area contributed by atoms with Crippen molar-refractivity contribution < 1.29 is 0 Å². The van der Waals surface area contributed by atoms with Crippen LogP contribution in [0.5, 0.6) is 0 Å². The lowest BCUT2D eigenvalue weighted by Crippen LogP contribution is -2.51. The maximum absolute atomic E-state index is 3.93. The van der Waals surface area contributed by atoms with Gasteiger partial charge in [-0.2, -0.15) is 0 Å². The zero-order valence-corrected chi connectivity index (χ0v) is 11.1. The molecule has 16 heavy (non-hydrogen) atoms. The summed E-state index contributed by atoms with van der Waals surface area (Å²) in [5.41, 5.74) is 0. The van der Waals surface area contributed by atoms with Crippen LogP contribution >= 0.6 is 0 Å². The van der Waals surface area contributed by atoms with Crippen molar-refractivity contribution in [1.29, 1.82) is 0 Å². The SMILES string of the molecule is CC1CC(C)CC(NC2CCNCC2C)C1. The van der Waals surface area contributed by atoms with Crippen LogP contribution in [0, 0.1) is 17.8 Å². The molecule has 1 aliphatic heterocycles. The second kappa shape index (κ2) is 5.50. The van der Waals surface area contributed by atoms with Crippen molar-refractivity contribution in [3.63, 3.8) is 0 Å². The van der Waals surface area contributed by atoms with Gasteiger partial charge in [0.2, 0.25) is 0 Å². The topological polar surface area (TPSA) is 24.1 Å². The Kier molecular flexibility index (Phi) is 4.26. The van der Waals surface area contributed by atoms with Gasteiger partial charge in [-0.25, -0.2) is 0 Å². The van der Waals surface area contributed by atoms with E-state index in [0.717, 1.165) is 29.8 Å². The number of piperidine rings is 1. The Hall–Kier alpha value is -0.0800. The van der Waals surface area contributed by atoms with E-state index in [4.69, 9.17) is 0 Å². The fourth-order valence-electron chi connectivity index (χ4n) is 3.65. The van der Waals surface area contributed by atoms with Gasteiger partial charge in [0.05, 0.1) is 0 Å². The normalized spacial score (nSPS) is 45.6. The lowest BCUT2D eigenvalue weighted by Gasteiger charge is -2.38. The molecule has 2 fully saturated rings. The van der Waals surface area contributed by atoms with Crippen molar-refractivity contribution in [2.24, 2.45) is 17.8 Å². The van der Waals surface area contributed by atoms with Crippen LogP contribution in [0.4, 0.5) is 0 Å². The first-order chi connectivity index (χ1) is 7.65. The van der Waals surface area contributed by atoms with Crippen molar-refractivity contribution in [3.8, 4) is 0 Å². The second-order valence-corrected chi connectivity index (χ2v) is 6.36. The summed E-state index contributed by atoms with van der Waals surface area (Å²) in [7, 11) is 0. The number of nitrogens with one attached hydrogen (secondary N) is 2. The molecule has 1 aliphatic carbocycles. The first-order valence-electron chi connectivity index (χ1n) is 7.12. The van der Waals surface area contributed by atoms with Crippen molar-refractivity contribution >= 4 is 0 Å². The Balaban J connectivity index is 1.83. The minimum absolute atomic E-state index is 0.753. The van der Waals surface area contributed by atoms with Crippen LogP contribution in [0.3, 0.4) is 0 Å². The summed E-state index contributed by atoms with van der Waals surface area (Å²) >= 11 is 0. The molecule has 4 atom stereocenters. The molecule has 2 aliphatic rings. The minimum Gasteiger partial charge on any atom is -0.316 e. The van der Waals surface area contributed by atoms with Gasteiger partial charge in [-0.15, -0.1) is 0 Å². The molecular weight excluding hydrogens is 196 g/mol. The molecule has 2 nitrogen and oxygen atoms in total. The molecule has 1 saturated carbocycles. The molecule has 1 saturated heterocycles. The smallest absolute Gasteiger partial charge is 0.0119 e. The highest BCUT2D eigenvalue weighted by Gasteiger charge is 2.28. The van der Waals surface area contributed by atoms with Crippen molar-refractivity contribution in [2.75, 3.05) is 13.1 Å². The molecule has 0 aromatic carbocycles. The highest BCUT2D eigenvalue weighted by molar-refractivity contribution is 4.87. The second-order valence-electron chi connectivity index (χ2n) is 6.36. The fourth-order valence-corrected chi connectivity index (χ4v) is 3.65. The van der Waals surface area contributed by atoms with Gasteiger partial charge in [-0.05, 0) is 56.5 Å². The van der Waals surface area contributed by atoms with E-state index >= 15 is 0 Å². The average Bonchev–Trinajstić information content (AvgIpc) is 2.20. The van der Waals surface area contributed by atoms with Gasteiger partial charge in [0.15, 0.2) is 0 Å². The Labute approximate surface area is 101 Å². The summed E-state index contributed by atoms with van der Waals surface area (Å²) in [4.78, 5) is 0. The fraction of sp³-hybridized carbons (Fsp3) is 1.00. The lowest BCUT2D eigenvalue weighted by molar-refractivity contribution is 0.193.